The second-order valence-corrected chi connectivity index (χ2v) is 9.10. The molecule has 0 unspecified atom stereocenters. The molecule has 6 rings (SSSR count). The van der Waals surface area contributed by atoms with Crippen LogP contribution < -0.4 is 4.90 Å². The van der Waals surface area contributed by atoms with Crippen molar-refractivity contribution in [3.8, 4) is 22.9 Å². The number of hydrogen-bond donors (Lipinski definition) is 1. The van der Waals surface area contributed by atoms with Crippen molar-refractivity contribution < 1.29 is 23.0 Å². The molecule has 0 saturated carbocycles. The summed E-state index contributed by atoms with van der Waals surface area (Å²) in [7, 11) is 0. The van der Waals surface area contributed by atoms with Crippen LogP contribution in [0.15, 0.2) is 48.9 Å². The maximum atomic E-state index is 13.9. The van der Waals surface area contributed by atoms with Crippen LogP contribution in [0.2, 0.25) is 0 Å². The SMILES string of the molecule is Cc1nc2c(C#N)c(C(F)(F)F)nn2c(N2CC(OCCO)C2)c1-c1ccnc2cc(-n3cccn3)ccc12. The van der Waals surface area contributed by atoms with E-state index in [4.69, 9.17) is 9.84 Å². The molecular weight excluding hydrogens is 513 g/mol. The number of rotatable bonds is 6. The number of ether oxygens (including phenoxy) is 1. The number of aliphatic hydroxyl groups excluding tert-OH is 1. The van der Waals surface area contributed by atoms with Crippen molar-refractivity contribution in [2.75, 3.05) is 31.2 Å². The molecule has 1 saturated heterocycles. The number of fused-ring (bicyclic) bond motifs is 2. The summed E-state index contributed by atoms with van der Waals surface area (Å²) >= 11 is 0. The van der Waals surface area contributed by atoms with Gasteiger partial charge >= 0.3 is 6.18 Å². The topological polar surface area (TPSA) is 117 Å². The molecule has 10 nitrogen and oxygen atoms in total. The van der Waals surface area contributed by atoms with Crippen molar-refractivity contribution in [1.29, 1.82) is 5.26 Å². The van der Waals surface area contributed by atoms with Crippen LogP contribution in [0.25, 0.3) is 33.4 Å². The van der Waals surface area contributed by atoms with Gasteiger partial charge in [0.2, 0.25) is 0 Å². The Morgan fingerprint density at radius 2 is 2.03 bits per heavy atom. The molecular formula is C26H21F3N8O2. The molecule has 5 aromatic rings. The summed E-state index contributed by atoms with van der Waals surface area (Å²) in [5.41, 5.74) is 1.09. The van der Waals surface area contributed by atoms with Gasteiger partial charge in [0.15, 0.2) is 11.3 Å². The predicted molar refractivity (Wildman–Crippen MR) is 134 cm³/mol. The first-order valence-corrected chi connectivity index (χ1v) is 12.1. The minimum atomic E-state index is -4.84. The fourth-order valence-electron chi connectivity index (χ4n) is 4.91. The van der Waals surface area contributed by atoms with Gasteiger partial charge in [-0.1, -0.05) is 6.07 Å². The molecule has 1 N–H and O–H groups in total. The lowest BCUT2D eigenvalue weighted by atomic mass is 9.98. The summed E-state index contributed by atoms with van der Waals surface area (Å²) in [5, 5.41) is 27.6. The Labute approximate surface area is 219 Å². The van der Waals surface area contributed by atoms with Crippen LogP contribution in [0.1, 0.15) is 17.0 Å². The monoisotopic (exact) mass is 534 g/mol. The second kappa shape index (κ2) is 9.33. The largest absolute Gasteiger partial charge is 0.436 e. The highest BCUT2D eigenvalue weighted by Crippen LogP contribution is 2.41. The normalized spacial score (nSPS) is 14.2. The van der Waals surface area contributed by atoms with Gasteiger partial charge in [0.25, 0.3) is 0 Å². The summed E-state index contributed by atoms with van der Waals surface area (Å²) in [6.45, 7) is 2.44. The van der Waals surface area contributed by atoms with Crippen molar-refractivity contribution in [1.82, 2.24) is 29.4 Å². The number of benzene rings is 1. The summed E-state index contributed by atoms with van der Waals surface area (Å²) in [6, 6.07) is 10.9. The number of nitriles is 1. The van der Waals surface area contributed by atoms with Gasteiger partial charge < -0.3 is 14.7 Å². The molecule has 1 aromatic carbocycles. The molecule has 1 aliphatic heterocycles. The molecule has 0 bridgehead atoms. The maximum Gasteiger partial charge on any atom is 0.436 e. The van der Waals surface area contributed by atoms with E-state index in [1.165, 1.54) is 0 Å². The molecule has 13 heteroatoms. The molecule has 4 aromatic heterocycles. The number of aromatic nitrogens is 6. The third-order valence-electron chi connectivity index (χ3n) is 6.66. The van der Waals surface area contributed by atoms with Crippen LogP contribution in [-0.4, -0.2) is 66.9 Å². The van der Waals surface area contributed by atoms with Gasteiger partial charge in [-0.15, -0.1) is 0 Å². The number of nitrogens with zero attached hydrogens (tertiary/aromatic N) is 8. The summed E-state index contributed by atoms with van der Waals surface area (Å²) in [6.07, 6.45) is 0.0636. The molecule has 198 valence electrons. The van der Waals surface area contributed by atoms with E-state index in [0.717, 1.165) is 15.6 Å². The van der Waals surface area contributed by atoms with Crippen molar-refractivity contribution in [2.45, 2.75) is 19.2 Å². The summed E-state index contributed by atoms with van der Waals surface area (Å²) in [5.74, 6) is 0.372. The minimum absolute atomic E-state index is 0.135. The number of pyridine rings is 1. The van der Waals surface area contributed by atoms with Gasteiger partial charge in [-0.2, -0.15) is 33.1 Å². The van der Waals surface area contributed by atoms with E-state index in [0.29, 0.717) is 41.2 Å². The molecule has 0 spiro atoms. The Bertz CT molecular complexity index is 1730. The Balaban J connectivity index is 1.58. The van der Waals surface area contributed by atoms with Crippen LogP contribution in [0.4, 0.5) is 19.0 Å². The van der Waals surface area contributed by atoms with E-state index in [2.05, 4.69) is 20.2 Å². The van der Waals surface area contributed by atoms with E-state index in [1.54, 1.807) is 36.1 Å². The highest BCUT2D eigenvalue weighted by atomic mass is 19.4. The zero-order valence-electron chi connectivity index (χ0n) is 20.6. The molecule has 5 heterocycles. The summed E-state index contributed by atoms with van der Waals surface area (Å²) < 4.78 is 50.0. The van der Waals surface area contributed by atoms with E-state index < -0.39 is 17.4 Å². The van der Waals surface area contributed by atoms with Crippen LogP contribution in [0.3, 0.4) is 0 Å². The molecule has 39 heavy (non-hydrogen) atoms. The third kappa shape index (κ3) is 4.14. The zero-order valence-corrected chi connectivity index (χ0v) is 20.6. The molecule has 1 fully saturated rings. The molecule has 0 radical (unpaired) electrons. The van der Waals surface area contributed by atoms with E-state index in [-0.39, 0.29) is 25.0 Å². The molecule has 0 amide bonds. The van der Waals surface area contributed by atoms with Crippen LogP contribution in [0.5, 0.6) is 0 Å². The first-order valence-electron chi connectivity index (χ1n) is 12.1. The van der Waals surface area contributed by atoms with Crippen LogP contribution in [0, 0.1) is 18.3 Å². The van der Waals surface area contributed by atoms with Gasteiger partial charge in [-0.25, -0.2) is 9.67 Å². The van der Waals surface area contributed by atoms with Gasteiger partial charge in [-0.05, 0) is 36.8 Å². The van der Waals surface area contributed by atoms with Gasteiger partial charge in [0, 0.05) is 42.6 Å². The number of hydrogen-bond acceptors (Lipinski definition) is 8. The van der Waals surface area contributed by atoms with Crippen LogP contribution in [-0.2, 0) is 10.9 Å². The number of aryl methyl sites for hydroxylation is 1. The summed E-state index contributed by atoms with van der Waals surface area (Å²) in [4.78, 5) is 10.8. The standard InChI is InChI=1S/C26H21F3N8O2/c1-15-22(19-5-7-31-21-11-16(3-4-18(19)21)36-8-2-6-32-36)25(35-13-17(14-35)39-10-9-38)37-24(33-15)20(12-30)23(34-37)26(27,28)29/h2-8,11,17,38H,9-10,13-14H2,1H3. The van der Waals surface area contributed by atoms with Gasteiger partial charge in [0.05, 0.1) is 36.2 Å². The Morgan fingerprint density at radius 1 is 1.21 bits per heavy atom. The van der Waals surface area contributed by atoms with E-state index in [1.807, 2.05) is 35.4 Å². The predicted octanol–water partition coefficient (Wildman–Crippen LogP) is 3.53. The highest BCUT2D eigenvalue weighted by molar-refractivity contribution is 5.99. The van der Waals surface area contributed by atoms with E-state index in [9.17, 15) is 18.4 Å². The number of aliphatic hydroxyl groups is 1. The van der Waals surface area contributed by atoms with E-state index >= 15 is 0 Å². The van der Waals surface area contributed by atoms with Crippen molar-refractivity contribution in [2.24, 2.45) is 0 Å². The number of alkyl halides is 3. The zero-order chi connectivity index (χ0) is 27.3. The fraction of sp³-hybridized carbons (Fsp3) is 0.269. The first-order chi connectivity index (χ1) is 18.8. The molecule has 0 aliphatic carbocycles. The maximum absolute atomic E-state index is 13.9. The number of anilines is 1. The quantitative estimate of drug-likeness (QED) is 0.352. The second-order valence-electron chi connectivity index (χ2n) is 9.10. The lowest BCUT2D eigenvalue weighted by molar-refractivity contribution is -0.141. The van der Waals surface area contributed by atoms with Crippen molar-refractivity contribution >= 4 is 22.4 Å². The van der Waals surface area contributed by atoms with Crippen molar-refractivity contribution in [3.05, 3.63) is 65.9 Å². The smallest absolute Gasteiger partial charge is 0.394 e. The van der Waals surface area contributed by atoms with Gasteiger partial charge in [-0.3, -0.25) is 4.98 Å². The van der Waals surface area contributed by atoms with Crippen molar-refractivity contribution in [3.63, 3.8) is 0 Å². The Kier molecular flexibility index (Phi) is 5.93. The lowest BCUT2D eigenvalue weighted by Crippen LogP contribution is -2.53. The number of halogens is 3. The molecule has 1 aliphatic rings. The highest BCUT2D eigenvalue weighted by Gasteiger charge is 2.41. The Hall–Kier alpha value is -4.54. The van der Waals surface area contributed by atoms with Gasteiger partial charge in [0.1, 0.15) is 17.5 Å². The first kappa shape index (κ1) is 24.8. The van der Waals surface area contributed by atoms with Crippen LogP contribution >= 0.6 is 0 Å². The fourth-order valence-corrected chi connectivity index (χ4v) is 4.91. The third-order valence-corrected chi connectivity index (χ3v) is 6.66. The Morgan fingerprint density at radius 3 is 2.72 bits per heavy atom. The average Bonchev–Trinajstić information content (AvgIpc) is 3.55. The average molecular weight is 535 g/mol. The molecule has 0 atom stereocenters. The minimum Gasteiger partial charge on any atom is -0.394 e. The lowest BCUT2D eigenvalue weighted by Gasteiger charge is -2.41.